The highest BCUT2D eigenvalue weighted by Crippen LogP contribution is 2.32. The summed E-state index contributed by atoms with van der Waals surface area (Å²) in [6, 6.07) is 7.58. The minimum atomic E-state index is -0.615. The van der Waals surface area contributed by atoms with Gasteiger partial charge in [0.05, 0.1) is 18.8 Å². The van der Waals surface area contributed by atoms with E-state index in [9.17, 15) is 9.59 Å². The number of nitrogens with one attached hydrogen (secondary N) is 2. The first-order valence-electron chi connectivity index (χ1n) is 7.56. The molecule has 0 saturated carbocycles. The van der Waals surface area contributed by atoms with E-state index in [1.807, 2.05) is 43.0 Å². The highest BCUT2D eigenvalue weighted by molar-refractivity contribution is 5.86. The average Bonchev–Trinajstić information content (AvgIpc) is 2.53. The molecule has 6 heteroatoms. The molecule has 0 unspecified atom stereocenters. The zero-order valence-electron chi connectivity index (χ0n) is 13.3. The van der Waals surface area contributed by atoms with E-state index in [1.54, 1.807) is 7.05 Å². The van der Waals surface area contributed by atoms with Gasteiger partial charge in [0.15, 0.2) is 6.10 Å². The Morgan fingerprint density at radius 2 is 2.14 bits per heavy atom. The zero-order chi connectivity index (χ0) is 16.1. The Hall–Kier alpha value is -2.24. The first-order valence-corrected chi connectivity index (χ1v) is 7.56. The lowest BCUT2D eigenvalue weighted by molar-refractivity contribution is -0.127. The number of anilines is 1. The van der Waals surface area contributed by atoms with Crippen LogP contribution in [0, 0.1) is 0 Å². The van der Waals surface area contributed by atoms with Gasteiger partial charge in [-0.2, -0.15) is 0 Å². The summed E-state index contributed by atoms with van der Waals surface area (Å²) < 4.78 is 5.71. The van der Waals surface area contributed by atoms with Crippen LogP contribution in [0.4, 0.5) is 5.69 Å². The van der Waals surface area contributed by atoms with Crippen LogP contribution in [0.3, 0.4) is 0 Å². The maximum atomic E-state index is 12.1. The van der Waals surface area contributed by atoms with Gasteiger partial charge in [0, 0.05) is 13.1 Å². The minimum Gasteiger partial charge on any atom is -0.477 e. The van der Waals surface area contributed by atoms with E-state index in [4.69, 9.17) is 4.74 Å². The van der Waals surface area contributed by atoms with Crippen molar-refractivity contribution in [3.05, 3.63) is 24.3 Å². The number of fused-ring (bicyclic) bond motifs is 1. The zero-order valence-corrected chi connectivity index (χ0v) is 13.3. The van der Waals surface area contributed by atoms with E-state index in [-0.39, 0.29) is 24.4 Å². The van der Waals surface area contributed by atoms with E-state index in [0.717, 1.165) is 12.1 Å². The third-order valence-corrected chi connectivity index (χ3v) is 3.75. The maximum Gasteiger partial charge on any atom is 0.262 e. The number of hydrogen-bond acceptors (Lipinski definition) is 4. The summed E-state index contributed by atoms with van der Waals surface area (Å²) in [5.74, 6) is 0.377. The molecule has 2 N–H and O–H groups in total. The molecule has 1 aliphatic rings. The molecule has 0 saturated heterocycles. The Bertz CT molecular complexity index is 547. The van der Waals surface area contributed by atoms with Crippen molar-refractivity contribution in [2.75, 3.05) is 25.0 Å². The summed E-state index contributed by atoms with van der Waals surface area (Å²) in [6.45, 7) is 4.55. The molecule has 1 aliphatic heterocycles. The average molecular weight is 305 g/mol. The molecule has 1 heterocycles. The van der Waals surface area contributed by atoms with Crippen LogP contribution in [0.2, 0.25) is 0 Å². The van der Waals surface area contributed by atoms with Gasteiger partial charge in [-0.3, -0.25) is 9.59 Å². The number of carbonyl (C=O) groups is 2. The number of carbonyl (C=O) groups excluding carboxylic acids is 2. The van der Waals surface area contributed by atoms with E-state index in [2.05, 4.69) is 10.6 Å². The molecule has 6 nitrogen and oxygen atoms in total. The van der Waals surface area contributed by atoms with E-state index in [0.29, 0.717) is 12.3 Å². The molecular weight excluding hydrogens is 282 g/mol. The fourth-order valence-electron chi connectivity index (χ4n) is 2.35. The van der Waals surface area contributed by atoms with Gasteiger partial charge < -0.3 is 20.3 Å². The van der Waals surface area contributed by atoms with Crippen LogP contribution < -0.4 is 20.3 Å². The summed E-state index contributed by atoms with van der Waals surface area (Å²) in [6.07, 6.45) is 0.267. The summed E-state index contributed by atoms with van der Waals surface area (Å²) >= 11 is 0. The largest absolute Gasteiger partial charge is 0.477 e. The fraction of sp³-hybridized carbons (Fsp3) is 0.500. The predicted octanol–water partition coefficient (Wildman–Crippen LogP) is 0.915. The lowest BCUT2D eigenvalue weighted by atomic mass is 10.1. The van der Waals surface area contributed by atoms with Crippen molar-refractivity contribution >= 4 is 17.5 Å². The molecule has 0 aliphatic carbocycles. The molecule has 2 amide bonds. The normalized spacial score (nSPS) is 18.0. The van der Waals surface area contributed by atoms with Crippen LogP contribution in [0.5, 0.6) is 5.75 Å². The third kappa shape index (κ3) is 3.69. The van der Waals surface area contributed by atoms with Crippen molar-refractivity contribution in [2.24, 2.45) is 0 Å². The van der Waals surface area contributed by atoms with E-state index < -0.39 is 6.10 Å². The summed E-state index contributed by atoms with van der Waals surface area (Å²) in [5, 5.41) is 5.53. The monoisotopic (exact) mass is 305 g/mol. The number of ether oxygens (including phenoxy) is 1. The second kappa shape index (κ2) is 7.15. The van der Waals surface area contributed by atoms with Crippen LogP contribution in [-0.4, -0.2) is 44.1 Å². The second-order valence-corrected chi connectivity index (χ2v) is 5.45. The smallest absolute Gasteiger partial charge is 0.262 e. The molecule has 1 aromatic rings. The standard InChI is InChI=1S/C16H23N3O3/c1-4-11(2)18-15(20)10-19-9-14(16(21)17-3)22-13-8-6-5-7-12(13)19/h5-8,11,14H,4,9-10H2,1-3H3,(H,17,21)(H,18,20)/t11-,14-/m1/s1. The summed E-state index contributed by atoms with van der Waals surface area (Å²) in [4.78, 5) is 25.9. The molecule has 0 bridgehead atoms. The van der Waals surface area contributed by atoms with Crippen LogP contribution in [0.25, 0.3) is 0 Å². The number of para-hydroxylation sites is 2. The number of benzene rings is 1. The Morgan fingerprint density at radius 3 is 2.82 bits per heavy atom. The van der Waals surface area contributed by atoms with E-state index in [1.165, 1.54) is 0 Å². The Labute approximate surface area is 130 Å². The summed E-state index contributed by atoms with van der Waals surface area (Å²) in [5.41, 5.74) is 0.835. The van der Waals surface area contributed by atoms with Gasteiger partial charge in [0.25, 0.3) is 5.91 Å². The quantitative estimate of drug-likeness (QED) is 0.848. The molecule has 0 spiro atoms. The lowest BCUT2D eigenvalue weighted by Crippen LogP contribution is -2.51. The highest BCUT2D eigenvalue weighted by Gasteiger charge is 2.31. The second-order valence-electron chi connectivity index (χ2n) is 5.45. The first kappa shape index (κ1) is 16.1. The molecule has 1 aromatic carbocycles. The molecule has 2 rings (SSSR count). The Balaban J connectivity index is 2.14. The van der Waals surface area contributed by atoms with Gasteiger partial charge in [-0.15, -0.1) is 0 Å². The lowest BCUT2D eigenvalue weighted by Gasteiger charge is -2.35. The molecular formula is C16H23N3O3. The SMILES string of the molecule is CC[C@@H](C)NC(=O)CN1C[C@H](C(=O)NC)Oc2ccccc21. The molecule has 0 aromatic heterocycles. The van der Waals surface area contributed by atoms with Gasteiger partial charge in [0.2, 0.25) is 5.91 Å². The fourth-order valence-corrected chi connectivity index (χ4v) is 2.35. The van der Waals surface area contributed by atoms with Crippen LogP contribution in [-0.2, 0) is 9.59 Å². The predicted molar refractivity (Wildman–Crippen MR) is 85.0 cm³/mol. The number of hydrogen-bond donors (Lipinski definition) is 2. The molecule has 0 radical (unpaired) electrons. The Morgan fingerprint density at radius 1 is 1.41 bits per heavy atom. The number of nitrogens with zero attached hydrogens (tertiary/aromatic N) is 1. The van der Waals surface area contributed by atoms with Gasteiger partial charge in [-0.25, -0.2) is 0 Å². The molecule has 120 valence electrons. The minimum absolute atomic E-state index is 0.0540. The van der Waals surface area contributed by atoms with Gasteiger partial charge in [0.1, 0.15) is 5.75 Å². The molecule has 2 atom stereocenters. The summed E-state index contributed by atoms with van der Waals surface area (Å²) in [7, 11) is 1.58. The van der Waals surface area contributed by atoms with Crippen molar-refractivity contribution in [3.8, 4) is 5.75 Å². The van der Waals surface area contributed by atoms with Crippen LogP contribution >= 0.6 is 0 Å². The topological polar surface area (TPSA) is 70.7 Å². The third-order valence-electron chi connectivity index (χ3n) is 3.75. The number of likely N-dealkylation sites (N-methyl/N-ethyl adjacent to an activating group) is 1. The van der Waals surface area contributed by atoms with Crippen LogP contribution in [0.15, 0.2) is 24.3 Å². The van der Waals surface area contributed by atoms with Crippen LogP contribution in [0.1, 0.15) is 20.3 Å². The molecule has 22 heavy (non-hydrogen) atoms. The van der Waals surface area contributed by atoms with Crippen molar-refractivity contribution in [1.29, 1.82) is 0 Å². The Kier molecular flexibility index (Phi) is 5.25. The molecule has 0 fully saturated rings. The number of amides is 2. The van der Waals surface area contributed by atoms with Crippen molar-refractivity contribution < 1.29 is 14.3 Å². The highest BCUT2D eigenvalue weighted by atomic mass is 16.5. The maximum absolute atomic E-state index is 12.1. The van der Waals surface area contributed by atoms with Crippen molar-refractivity contribution in [2.45, 2.75) is 32.4 Å². The van der Waals surface area contributed by atoms with Crippen molar-refractivity contribution in [1.82, 2.24) is 10.6 Å². The van der Waals surface area contributed by atoms with Gasteiger partial charge in [-0.1, -0.05) is 19.1 Å². The van der Waals surface area contributed by atoms with Gasteiger partial charge in [-0.05, 0) is 25.5 Å². The number of rotatable bonds is 5. The van der Waals surface area contributed by atoms with Crippen molar-refractivity contribution in [3.63, 3.8) is 0 Å². The van der Waals surface area contributed by atoms with E-state index >= 15 is 0 Å². The van der Waals surface area contributed by atoms with Gasteiger partial charge >= 0.3 is 0 Å². The first-order chi connectivity index (χ1) is 10.5.